The molecule has 4 heteroatoms. The summed E-state index contributed by atoms with van der Waals surface area (Å²) >= 11 is 0. The minimum atomic E-state index is -0.106. The van der Waals surface area contributed by atoms with Crippen molar-refractivity contribution < 1.29 is 9.21 Å². The molecule has 1 N–H and O–H groups in total. The number of benzene rings is 1. The van der Waals surface area contributed by atoms with Crippen LogP contribution in [0.4, 0.5) is 0 Å². The van der Waals surface area contributed by atoms with Crippen molar-refractivity contribution in [3.05, 3.63) is 53.7 Å². The Morgan fingerprint density at radius 2 is 1.90 bits per heavy atom. The highest BCUT2D eigenvalue weighted by Gasteiger charge is 2.35. The zero-order valence-corrected chi connectivity index (χ0v) is 11.8. The molecule has 108 valence electrons. The van der Waals surface area contributed by atoms with Crippen LogP contribution in [-0.4, -0.2) is 16.9 Å². The first-order valence-electron chi connectivity index (χ1n) is 7.60. The number of carbonyl (C=O) groups excluding carboxylic acids is 1. The highest BCUT2D eigenvalue weighted by atomic mass is 16.3. The fourth-order valence-electron chi connectivity index (χ4n) is 3.06. The first-order chi connectivity index (χ1) is 10.3. The molecule has 2 fully saturated rings. The lowest BCUT2D eigenvalue weighted by Crippen LogP contribution is -2.43. The van der Waals surface area contributed by atoms with E-state index in [2.05, 4.69) is 34.6 Å². The average molecular weight is 282 g/mol. The van der Waals surface area contributed by atoms with E-state index in [4.69, 9.17) is 4.42 Å². The Morgan fingerprint density at radius 3 is 2.62 bits per heavy atom. The van der Waals surface area contributed by atoms with Gasteiger partial charge >= 0.3 is 0 Å². The van der Waals surface area contributed by atoms with Gasteiger partial charge in [0.2, 0.25) is 5.76 Å². The zero-order chi connectivity index (χ0) is 14.2. The Labute approximate surface area is 123 Å². The molecule has 0 aliphatic heterocycles. The number of hydrogen-bond donors (Lipinski definition) is 1. The third-order valence-electron chi connectivity index (χ3n) is 4.51. The van der Waals surface area contributed by atoms with Gasteiger partial charge in [-0.15, -0.1) is 0 Å². The van der Waals surface area contributed by atoms with E-state index in [-0.39, 0.29) is 11.9 Å². The number of nitrogens with one attached hydrogen (secondary N) is 1. The van der Waals surface area contributed by atoms with Gasteiger partial charge in [0, 0.05) is 12.0 Å². The van der Waals surface area contributed by atoms with Crippen molar-refractivity contribution in [2.75, 3.05) is 0 Å². The summed E-state index contributed by atoms with van der Waals surface area (Å²) in [4.78, 5) is 16.4. The Kier molecular flexibility index (Phi) is 3.02. The number of nitrogens with zero attached hydrogens (tertiary/aromatic N) is 1. The van der Waals surface area contributed by atoms with Crippen LogP contribution in [0.1, 0.15) is 59.3 Å². The van der Waals surface area contributed by atoms with Gasteiger partial charge in [-0.3, -0.25) is 4.79 Å². The number of carbonyl (C=O) groups is 1. The molecule has 0 atom stereocenters. The number of oxazole rings is 1. The van der Waals surface area contributed by atoms with E-state index in [9.17, 15) is 4.79 Å². The van der Waals surface area contributed by atoms with Crippen molar-refractivity contribution in [1.29, 1.82) is 0 Å². The topological polar surface area (TPSA) is 55.1 Å². The molecular weight excluding hydrogens is 264 g/mol. The summed E-state index contributed by atoms with van der Waals surface area (Å²) in [5, 5.41) is 3.07. The smallest absolute Gasteiger partial charge is 0.289 e. The Bertz CT molecular complexity index is 640. The lowest BCUT2D eigenvalue weighted by molar-refractivity contribution is 0.0879. The van der Waals surface area contributed by atoms with Crippen molar-refractivity contribution in [2.45, 2.75) is 43.6 Å². The van der Waals surface area contributed by atoms with Gasteiger partial charge in [-0.1, -0.05) is 30.3 Å². The fourth-order valence-corrected chi connectivity index (χ4v) is 3.06. The fraction of sp³-hybridized carbons (Fsp3) is 0.412. The largest absolute Gasteiger partial charge is 0.438 e. The predicted octanol–water partition coefficient (Wildman–Crippen LogP) is 3.23. The molecule has 0 radical (unpaired) electrons. The maximum absolute atomic E-state index is 12.3. The van der Waals surface area contributed by atoms with Crippen molar-refractivity contribution in [1.82, 2.24) is 10.3 Å². The van der Waals surface area contributed by atoms with Gasteiger partial charge in [0.25, 0.3) is 5.91 Å². The van der Waals surface area contributed by atoms with Gasteiger partial charge in [0.15, 0.2) is 6.39 Å². The maximum Gasteiger partial charge on any atom is 0.289 e. The number of aromatic nitrogens is 1. The number of rotatable bonds is 4. The SMILES string of the molecule is O=C(NC1CC(c2ccccc2)C1)c1ocnc1C1CC1. The normalized spacial score (nSPS) is 24.4. The first-order valence-corrected chi connectivity index (χ1v) is 7.60. The second-order valence-electron chi connectivity index (χ2n) is 6.09. The van der Waals surface area contributed by atoms with Crippen LogP contribution in [0.15, 0.2) is 41.1 Å². The van der Waals surface area contributed by atoms with Gasteiger partial charge in [0.05, 0.1) is 5.69 Å². The van der Waals surface area contributed by atoms with Crippen molar-refractivity contribution >= 4 is 5.91 Å². The minimum absolute atomic E-state index is 0.106. The predicted molar refractivity (Wildman–Crippen MR) is 78.1 cm³/mol. The van der Waals surface area contributed by atoms with E-state index in [1.165, 1.54) is 12.0 Å². The van der Waals surface area contributed by atoms with Crippen LogP contribution in [0.2, 0.25) is 0 Å². The van der Waals surface area contributed by atoms with E-state index in [1.807, 2.05) is 6.07 Å². The van der Waals surface area contributed by atoms with Gasteiger partial charge in [0.1, 0.15) is 0 Å². The molecule has 2 saturated carbocycles. The molecule has 2 aromatic rings. The van der Waals surface area contributed by atoms with Crippen molar-refractivity contribution in [2.24, 2.45) is 0 Å². The molecule has 0 spiro atoms. The first kappa shape index (κ1) is 12.6. The number of amides is 1. The summed E-state index contributed by atoms with van der Waals surface area (Å²) in [7, 11) is 0. The van der Waals surface area contributed by atoms with E-state index in [1.54, 1.807) is 0 Å². The Morgan fingerprint density at radius 1 is 1.14 bits per heavy atom. The molecule has 4 nitrogen and oxygen atoms in total. The molecule has 0 bridgehead atoms. The lowest BCUT2D eigenvalue weighted by atomic mass is 9.76. The highest BCUT2D eigenvalue weighted by Crippen LogP contribution is 2.41. The average Bonchev–Trinajstić information content (AvgIpc) is 3.20. The third kappa shape index (κ3) is 2.46. The standard InChI is InChI=1S/C17H18N2O2/c20-17(16-15(12-6-7-12)18-10-21-16)19-14-8-13(9-14)11-4-2-1-3-5-11/h1-5,10,12-14H,6-9H2,(H,19,20). The summed E-state index contributed by atoms with van der Waals surface area (Å²) in [6.07, 6.45) is 5.63. The third-order valence-corrected chi connectivity index (χ3v) is 4.51. The van der Waals surface area contributed by atoms with Crippen LogP contribution in [0.5, 0.6) is 0 Å². The van der Waals surface area contributed by atoms with E-state index in [0.29, 0.717) is 17.6 Å². The summed E-state index contributed by atoms with van der Waals surface area (Å²) < 4.78 is 5.29. The summed E-state index contributed by atoms with van der Waals surface area (Å²) in [6, 6.07) is 10.7. The van der Waals surface area contributed by atoms with Gasteiger partial charge in [-0.2, -0.15) is 0 Å². The molecular formula is C17H18N2O2. The number of hydrogen-bond acceptors (Lipinski definition) is 3. The zero-order valence-electron chi connectivity index (χ0n) is 11.8. The molecule has 21 heavy (non-hydrogen) atoms. The van der Waals surface area contributed by atoms with Gasteiger partial charge in [-0.05, 0) is 37.2 Å². The molecule has 1 amide bonds. The lowest BCUT2D eigenvalue weighted by Gasteiger charge is -2.36. The second kappa shape index (κ2) is 5.02. The minimum Gasteiger partial charge on any atom is -0.438 e. The monoisotopic (exact) mass is 282 g/mol. The molecule has 1 aromatic heterocycles. The molecule has 2 aliphatic rings. The van der Waals surface area contributed by atoms with Crippen molar-refractivity contribution in [3.8, 4) is 0 Å². The van der Waals surface area contributed by atoms with E-state index < -0.39 is 0 Å². The van der Waals surface area contributed by atoms with E-state index in [0.717, 1.165) is 31.4 Å². The molecule has 2 aliphatic carbocycles. The summed E-state index contributed by atoms with van der Waals surface area (Å²) in [5.41, 5.74) is 2.20. The van der Waals surface area contributed by atoms with Gasteiger partial charge in [-0.25, -0.2) is 4.98 Å². The molecule has 1 heterocycles. The van der Waals surface area contributed by atoms with Crippen LogP contribution in [-0.2, 0) is 0 Å². The van der Waals surface area contributed by atoms with Crippen LogP contribution in [0, 0.1) is 0 Å². The van der Waals surface area contributed by atoms with Crippen molar-refractivity contribution in [3.63, 3.8) is 0 Å². The Balaban J connectivity index is 1.35. The maximum atomic E-state index is 12.3. The molecule has 4 rings (SSSR count). The molecule has 1 aromatic carbocycles. The van der Waals surface area contributed by atoms with E-state index >= 15 is 0 Å². The summed E-state index contributed by atoms with van der Waals surface area (Å²) in [6.45, 7) is 0. The van der Waals surface area contributed by atoms with Crippen LogP contribution >= 0.6 is 0 Å². The molecule has 0 unspecified atom stereocenters. The van der Waals surface area contributed by atoms with Crippen LogP contribution < -0.4 is 5.32 Å². The summed E-state index contributed by atoms with van der Waals surface area (Å²) in [5.74, 6) is 1.31. The highest BCUT2D eigenvalue weighted by molar-refractivity contribution is 5.93. The molecule has 0 saturated heterocycles. The van der Waals surface area contributed by atoms with Crippen LogP contribution in [0.25, 0.3) is 0 Å². The van der Waals surface area contributed by atoms with Gasteiger partial charge < -0.3 is 9.73 Å². The quantitative estimate of drug-likeness (QED) is 0.936. The van der Waals surface area contributed by atoms with Crippen LogP contribution in [0.3, 0.4) is 0 Å². The second-order valence-corrected chi connectivity index (χ2v) is 6.09. The Hall–Kier alpha value is -2.10.